The van der Waals surface area contributed by atoms with Crippen LogP contribution in [0.15, 0.2) is 83.1 Å². The molecule has 30 heavy (non-hydrogen) atoms. The number of allylic oxidation sites excluding steroid dienone is 1. The zero-order valence-electron chi connectivity index (χ0n) is 15.4. The highest BCUT2D eigenvalue weighted by molar-refractivity contribution is 6.42. The molecule has 0 radical (unpaired) electrons. The van der Waals surface area contributed by atoms with Gasteiger partial charge >= 0.3 is 0 Å². The summed E-state index contributed by atoms with van der Waals surface area (Å²) in [6, 6.07) is 16.4. The van der Waals surface area contributed by atoms with Gasteiger partial charge in [-0.3, -0.25) is 4.90 Å². The molecule has 2 aromatic carbocycles. The van der Waals surface area contributed by atoms with Gasteiger partial charge in [0.1, 0.15) is 5.82 Å². The second kappa shape index (κ2) is 9.19. The fourth-order valence-corrected chi connectivity index (χ4v) is 3.44. The van der Waals surface area contributed by atoms with E-state index in [1.165, 1.54) is 0 Å². The Kier molecular flexibility index (Phi) is 6.40. The highest BCUT2D eigenvalue weighted by Crippen LogP contribution is 2.26. The normalized spacial score (nSPS) is 16.2. The van der Waals surface area contributed by atoms with Crippen molar-refractivity contribution >= 4 is 64.1 Å². The molecule has 0 amide bonds. The topological polar surface area (TPSA) is 40.9 Å². The maximum atomic E-state index is 6.18. The van der Waals surface area contributed by atoms with Crippen molar-refractivity contribution in [2.24, 2.45) is 9.98 Å². The summed E-state index contributed by atoms with van der Waals surface area (Å²) in [5.41, 5.74) is 2.39. The third kappa shape index (κ3) is 4.68. The zero-order valence-corrected chi connectivity index (χ0v) is 18.4. The summed E-state index contributed by atoms with van der Waals surface area (Å²) >= 11 is 24.3. The Morgan fingerprint density at radius 3 is 2.33 bits per heavy atom. The summed E-state index contributed by atoms with van der Waals surface area (Å²) in [4.78, 5) is 15.7. The first-order valence-electron chi connectivity index (χ1n) is 8.90. The minimum atomic E-state index is -0.566. The van der Waals surface area contributed by atoms with Crippen molar-refractivity contribution in [1.82, 2.24) is 4.98 Å². The van der Waals surface area contributed by atoms with Gasteiger partial charge in [0.25, 0.3) is 0 Å². The molecule has 1 unspecified atom stereocenters. The minimum Gasteiger partial charge on any atom is -0.291 e. The lowest BCUT2D eigenvalue weighted by molar-refractivity contribution is 0.705. The predicted octanol–water partition coefficient (Wildman–Crippen LogP) is 6.92. The van der Waals surface area contributed by atoms with Crippen LogP contribution < -0.4 is 4.90 Å². The van der Waals surface area contributed by atoms with Crippen LogP contribution in [0, 0.1) is 0 Å². The molecule has 3 aromatic rings. The van der Waals surface area contributed by atoms with Gasteiger partial charge < -0.3 is 0 Å². The largest absolute Gasteiger partial charge is 0.291 e. The molecule has 0 saturated heterocycles. The summed E-state index contributed by atoms with van der Waals surface area (Å²) in [6.45, 7) is 0. The third-order valence-corrected chi connectivity index (χ3v) is 5.80. The SMILES string of the molecule is Clc1ccc(C=NC2N=C(c3ccc(Cl)c(Cl)c3)C=CN2c2ccccn2)cc1Cl. The summed E-state index contributed by atoms with van der Waals surface area (Å²) in [5, 5.41) is 1.91. The van der Waals surface area contributed by atoms with Crippen LogP contribution in [0.4, 0.5) is 5.82 Å². The maximum Gasteiger partial charge on any atom is 0.221 e. The molecule has 1 atom stereocenters. The number of benzene rings is 2. The molecule has 0 N–H and O–H groups in total. The van der Waals surface area contributed by atoms with Crippen LogP contribution in [-0.4, -0.2) is 23.2 Å². The number of anilines is 1. The second-order valence-electron chi connectivity index (χ2n) is 6.35. The Bertz CT molecular complexity index is 1160. The fourth-order valence-electron chi connectivity index (χ4n) is 2.84. The molecule has 0 aliphatic carbocycles. The van der Waals surface area contributed by atoms with E-state index in [0.717, 1.165) is 22.7 Å². The Balaban J connectivity index is 1.70. The van der Waals surface area contributed by atoms with Crippen LogP contribution in [0.2, 0.25) is 20.1 Å². The number of aromatic nitrogens is 1. The summed E-state index contributed by atoms with van der Waals surface area (Å²) in [6.07, 6.45) is 6.64. The number of halogens is 4. The van der Waals surface area contributed by atoms with Crippen LogP contribution in [0.25, 0.3) is 0 Å². The Hall–Kier alpha value is -2.37. The van der Waals surface area contributed by atoms with Crippen LogP contribution in [0.1, 0.15) is 11.1 Å². The molecule has 4 rings (SSSR count). The molecule has 0 spiro atoms. The van der Waals surface area contributed by atoms with Gasteiger partial charge in [0, 0.05) is 24.2 Å². The zero-order chi connectivity index (χ0) is 21.1. The molecule has 0 bridgehead atoms. The second-order valence-corrected chi connectivity index (χ2v) is 7.98. The average Bonchev–Trinajstić information content (AvgIpc) is 2.77. The smallest absolute Gasteiger partial charge is 0.221 e. The first kappa shape index (κ1) is 20.9. The molecule has 0 fully saturated rings. The molecule has 150 valence electrons. The number of nitrogens with zero attached hydrogens (tertiary/aromatic N) is 4. The lowest BCUT2D eigenvalue weighted by Gasteiger charge is -2.27. The molecule has 1 aliphatic heterocycles. The van der Waals surface area contributed by atoms with Gasteiger partial charge in [-0.1, -0.05) is 64.6 Å². The van der Waals surface area contributed by atoms with E-state index in [4.69, 9.17) is 51.4 Å². The first-order valence-corrected chi connectivity index (χ1v) is 10.4. The highest BCUT2D eigenvalue weighted by Gasteiger charge is 2.21. The number of pyridine rings is 1. The Morgan fingerprint density at radius 2 is 1.63 bits per heavy atom. The van der Waals surface area contributed by atoms with E-state index in [-0.39, 0.29) is 0 Å². The van der Waals surface area contributed by atoms with E-state index in [2.05, 4.69) is 9.98 Å². The van der Waals surface area contributed by atoms with Crippen molar-refractivity contribution in [2.45, 2.75) is 6.29 Å². The number of hydrogen-bond acceptors (Lipinski definition) is 4. The van der Waals surface area contributed by atoms with Crippen molar-refractivity contribution in [3.05, 3.63) is 104 Å². The maximum absolute atomic E-state index is 6.18. The van der Waals surface area contributed by atoms with E-state index in [1.54, 1.807) is 36.7 Å². The highest BCUT2D eigenvalue weighted by atomic mass is 35.5. The summed E-state index contributed by atoms with van der Waals surface area (Å²) in [7, 11) is 0. The quantitative estimate of drug-likeness (QED) is 0.384. The predicted molar refractivity (Wildman–Crippen MR) is 127 cm³/mol. The Morgan fingerprint density at radius 1 is 0.867 bits per heavy atom. The van der Waals surface area contributed by atoms with Gasteiger partial charge in [-0.05, 0) is 48.0 Å². The van der Waals surface area contributed by atoms with Crippen molar-refractivity contribution in [1.29, 1.82) is 0 Å². The van der Waals surface area contributed by atoms with Gasteiger partial charge in [-0.15, -0.1) is 0 Å². The number of rotatable bonds is 4. The van der Waals surface area contributed by atoms with Crippen molar-refractivity contribution in [3.8, 4) is 0 Å². The van der Waals surface area contributed by atoms with Crippen molar-refractivity contribution in [2.75, 3.05) is 4.90 Å². The third-order valence-electron chi connectivity index (χ3n) is 4.33. The molecule has 2 heterocycles. The van der Waals surface area contributed by atoms with Crippen LogP contribution in [-0.2, 0) is 0 Å². The van der Waals surface area contributed by atoms with Crippen molar-refractivity contribution in [3.63, 3.8) is 0 Å². The average molecular weight is 476 g/mol. The fraction of sp³-hybridized carbons (Fsp3) is 0.0455. The Labute approximate surface area is 194 Å². The molecule has 1 aromatic heterocycles. The van der Waals surface area contributed by atoms with E-state index < -0.39 is 6.29 Å². The van der Waals surface area contributed by atoms with Gasteiger partial charge in [0.2, 0.25) is 6.29 Å². The molecular formula is C22H14Cl4N4. The first-order chi connectivity index (χ1) is 14.5. The number of hydrogen-bond donors (Lipinski definition) is 0. The number of aliphatic imine (C=N–C) groups is 2. The van der Waals surface area contributed by atoms with Crippen LogP contribution in [0.5, 0.6) is 0 Å². The van der Waals surface area contributed by atoms with Crippen LogP contribution in [0.3, 0.4) is 0 Å². The van der Waals surface area contributed by atoms with Gasteiger partial charge in [0.15, 0.2) is 0 Å². The van der Waals surface area contributed by atoms with Crippen LogP contribution >= 0.6 is 46.4 Å². The van der Waals surface area contributed by atoms with Gasteiger partial charge in [-0.2, -0.15) is 0 Å². The monoisotopic (exact) mass is 474 g/mol. The van der Waals surface area contributed by atoms with E-state index >= 15 is 0 Å². The van der Waals surface area contributed by atoms with E-state index in [0.29, 0.717) is 20.1 Å². The molecular weight excluding hydrogens is 462 g/mol. The van der Waals surface area contributed by atoms with Gasteiger partial charge in [-0.25, -0.2) is 15.0 Å². The standard InChI is InChI=1S/C22H14Cl4N4/c23-16-6-4-14(11-18(16)25)13-28-22-29-20(15-5-7-17(24)19(26)12-15)8-10-30(22)21-3-1-2-9-27-21/h1-13,22H. The molecule has 4 nitrogen and oxygen atoms in total. The molecule has 1 aliphatic rings. The molecule has 0 saturated carbocycles. The van der Waals surface area contributed by atoms with E-state index in [1.807, 2.05) is 47.5 Å². The lowest BCUT2D eigenvalue weighted by Crippen LogP contribution is -2.32. The van der Waals surface area contributed by atoms with Crippen molar-refractivity contribution < 1.29 is 0 Å². The minimum absolute atomic E-state index is 0.464. The molecule has 8 heteroatoms. The summed E-state index contributed by atoms with van der Waals surface area (Å²) in [5.74, 6) is 0.724. The lowest BCUT2D eigenvalue weighted by atomic mass is 10.1. The summed E-state index contributed by atoms with van der Waals surface area (Å²) < 4.78 is 0. The van der Waals surface area contributed by atoms with Gasteiger partial charge in [0.05, 0.1) is 25.8 Å². The van der Waals surface area contributed by atoms with E-state index in [9.17, 15) is 0 Å².